The first kappa shape index (κ1) is 14.7. The molecule has 6 heteroatoms. The highest BCUT2D eigenvalue weighted by molar-refractivity contribution is 5.72. The number of likely N-dealkylation sites (tertiary alicyclic amines) is 1. The van der Waals surface area contributed by atoms with Crippen LogP contribution >= 0.6 is 0 Å². The van der Waals surface area contributed by atoms with Crippen molar-refractivity contribution in [1.82, 2.24) is 10.2 Å². The number of hydrogen-bond acceptors (Lipinski definition) is 3. The Kier molecular flexibility index (Phi) is 8.24. The molecule has 1 aliphatic rings. The lowest BCUT2D eigenvalue weighted by molar-refractivity contribution is -0.136. The molecule has 0 aliphatic carbocycles. The smallest absolute Gasteiger partial charge is 0.314 e. The number of primary amides is 1. The first-order valence-corrected chi connectivity index (χ1v) is 5.54. The average molecular weight is 231 g/mol. The fourth-order valence-electron chi connectivity index (χ4n) is 1.31. The highest BCUT2D eigenvalue weighted by atomic mass is 16.4. The highest BCUT2D eigenvalue weighted by Gasteiger charge is 2.13. The van der Waals surface area contributed by atoms with Crippen LogP contribution in [-0.2, 0) is 4.79 Å². The Morgan fingerprint density at radius 2 is 1.94 bits per heavy atom. The molecule has 1 rings (SSSR count). The number of carboxylic acid groups (broad SMARTS) is 1. The van der Waals surface area contributed by atoms with E-state index in [-0.39, 0.29) is 12.5 Å². The fourth-order valence-corrected chi connectivity index (χ4v) is 1.31. The zero-order chi connectivity index (χ0) is 12.4. The SMILES string of the molecule is CCNCCC(=O)O.NC(=O)N1CCCC1. The van der Waals surface area contributed by atoms with Gasteiger partial charge in [0, 0.05) is 19.6 Å². The van der Waals surface area contributed by atoms with Crippen molar-refractivity contribution in [3.8, 4) is 0 Å². The van der Waals surface area contributed by atoms with Gasteiger partial charge in [-0.15, -0.1) is 0 Å². The van der Waals surface area contributed by atoms with Gasteiger partial charge in [-0.1, -0.05) is 6.92 Å². The quantitative estimate of drug-likeness (QED) is 0.603. The van der Waals surface area contributed by atoms with Crippen molar-refractivity contribution in [1.29, 1.82) is 0 Å². The number of urea groups is 1. The number of carbonyl (C=O) groups is 2. The zero-order valence-electron chi connectivity index (χ0n) is 9.74. The van der Waals surface area contributed by atoms with Crippen LogP contribution in [0.4, 0.5) is 4.79 Å². The van der Waals surface area contributed by atoms with Gasteiger partial charge in [0.25, 0.3) is 0 Å². The Bertz CT molecular complexity index is 215. The molecule has 0 unspecified atom stereocenters. The maximum Gasteiger partial charge on any atom is 0.314 e. The summed E-state index contributed by atoms with van der Waals surface area (Å²) in [7, 11) is 0. The molecule has 6 nitrogen and oxygen atoms in total. The third-order valence-corrected chi connectivity index (χ3v) is 2.18. The summed E-state index contributed by atoms with van der Waals surface area (Å²) in [6, 6.07) is -0.275. The number of nitrogens with zero attached hydrogens (tertiary/aromatic N) is 1. The van der Waals surface area contributed by atoms with E-state index in [1.165, 1.54) is 0 Å². The van der Waals surface area contributed by atoms with Crippen molar-refractivity contribution in [3.05, 3.63) is 0 Å². The average Bonchev–Trinajstić information content (AvgIpc) is 2.71. The largest absolute Gasteiger partial charge is 0.481 e. The van der Waals surface area contributed by atoms with Gasteiger partial charge >= 0.3 is 12.0 Å². The van der Waals surface area contributed by atoms with E-state index in [9.17, 15) is 9.59 Å². The molecule has 0 atom stereocenters. The summed E-state index contributed by atoms with van der Waals surface area (Å²) < 4.78 is 0. The summed E-state index contributed by atoms with van der Waals surface area (Å²) in [5, 5.41) is 11.0. The minimum absolute atomic E-state index is 0.216. The zero-order valence-corrected chi connectivity index (χ0v) is 9.74. The molecule has 1 fully saturated rings. The molecule has 0 saturated carbocycles. The molecule has 0 aromatic rings. The minimum Gasteiger partial charge on any atom is -0.481 e. The summed E-state index contributed by atoms with van der Waals surface area (Å²) in [4.78, 5) is 21.9. The van der Waals surface area contributed by atoms with Crippen molar-refractivity contribution in [3.63, 3.8) is 0 Å². The Morgan fingerprint density at radius 1 is 1.38 bits per heavy atom. The van der Waals surface area contributed by atoms with Crippen LogP contribution in [0.15, 0.2) is 0 Å². The molecule has 1 saturated heterocycles. The third-order valence-electron chi connectivity index (χ3n) is 2.18. The van der Waals surface area contributed by atoms with Gasteiger partial charge in [0.15, 0.2) is 0 Å². The first-order valence-electron chi connectivity index (χ1n) is 5.54. The molecular formula is C10H21N3O3. The second-order valence-corrected chi connectivity index (χ2v) is 3.53. The van der Waals surface area contributed by atoms with Crippen molar-refractivity contribution >= 4 is 12.0 Å². The number of nitrogens with two attached hydrogens (primary N) is 1. The molecule has 1 aliphatic heterocycles. The predicted octanol–water partition coefficient (Wildman–Crippen LogP) is 0.232. The summed E-state index contributed by atoms with van der Waals surface area (Å²) in [5.41, 5.74) is 4.98. The van der Waals surface area contributed by atoms with Gasteiger partial charge in [0.05, 0.1) is 6.42 Å². The molecule has 0 spiro atoms. The number of hydrogen-bond donors (Lipinski definition) is 3. The number of carbonyl (C=O) groups excluding carboxylic acids is 1. The Hall–Kier alpha value is -1.30. The Morgan fingerprint density at radius 3 is 2.25 bits per heavy atom. The lowest BCUT2D eigenvalue weighted by Gasteiger charge is -2.09. The van der Waals surface area contributed by atoms with Crippen molar-refractivity contribution < 1.29 is 14.7 Å². The Balaban J connectivity index is 0.000000281. The van der Waals surface area contributed by atoms with E-state index in [1.54, 1.807) is 4.90 Å². The van der Waals surface area contributed by atoms with Crippen molar-refractivity contribution in [2.45, 2.75) is 26.2 Å². The van der Waals surface area contributed by atoms with E-state index < -0.39 is 5.97 Å². The number of aliphatic carboxylic acids is 1. The van der Waals surface area contributed by atoms with Crippen LogP contribution < -0.4 is 11.1 Å². The normalized spacial score (nSPS) is 14.2. The predicted molar refractivity (Wildman–Crippen MR) is 61.2 cm³/mol. The van der Waals surface area contributed by atoms with Crippen LogP contribution in [0, 0.1) is 0 Å². The van der Waals surface area contributed by atoms with Gasteiger partial charge in [0.1, 0.15) is 0 Å². The highest BCUT2D eigenvalue weighted by Crippen LogP contribution is 2.05. The van der Waals surface area contributed by atoms with Gasteiger partial charge in [-0.2, -0.15) is 0 Å². The molecule has 0 radical (unpaired) electrons. The first-order chi connectivity index (χ1) is 7.57. The molecule has 1 heterocycles. The van der Waals surface area contributed by atoms with Gasteiger partial charge in [-0.05, 0) is 19.4 Å². The molecule has 0 bridgehead atoms. The lowest BCUT2D eigenvalue weighted by Crippen LogP contribution is -2.32. The number of nitrogens with one attached hydrogen (secondary N) is 1. The minimum atomic E-state index is -0.744. The maximum atomic E-state index is 10.3. The third kappa shape index (κ3) is 8.05. The van der Waals surface area contributed by atoms with Crippen molar-refractivity contribution in [2.75, 3.05) is 26.2 Å². The van der Waals surface area contributed by atoms with E-state index in [2.05, 4.69) is 5.32 Å². The maximum absolute atomic E-state index is 10.3. The van der Waals surface area contributed by atoms with E-state index in [0.717, 1.165) is 32.5 Å². The number of rotatable bonds is 4. The number of carboxylic acids is 1. The Labute approximate surface area is 95.8 Å². The van der Waals surface area contributed by atoms with E-state index in [0.29, 0.717) is 6.54 Å². The second kappa shape index (κ2) is 8.96. The van der Waals surface area contributed by atoms with E-state index in [4.69, 9.17) is 10.8 Å². The van der Waals surface area contributed by atoms with Crippen LogP contribution in [0.25, 0.3) is 0 Å². The monoisotopic (exact) mass is 231 g/mol. The fraction of sp³-hybridized carbons (Fsp3) is 0.800. The topological polar surface area (TPSA) is 95.7 Å². The lowest BCUT2D eigenvalue weighted by atomic mass is 10.4. The van der Waals surface area contributed by atoms with Gasteiger partial charge in [0.2, 0.25) is 0 Å². The molecule has 94 valence electrons. The van der Waals surface area contributed by atoms with Crippen molar-refractivity contribution in [2.24, 2.45) is 5.73 Å². The van der Waals surface area contributed by atoms with Crippen LogP contribution in [0.5, 0.6) is 0 Å². The molecule has 0 aromatic carbocycles. The van der Waals surface area contributed by atoms with Crippen LogP contribution in [-0.4, -0.2) is 48.2 Å². The van der Waals surface area contributed by atoms with Crippen LogP contribution in [0.2, 0.25) is 0 Å². The van der Waals surface area contributed by atoms with Gasteiger partial charge < -0.3 is 21.1 Å². The standard InChI is InChI=1S/C5H10N2O.C5H11NO2/c6-5(8)7-3-1-2-4-7;1-2-6-4-3-5(7)8/h1-4H2,(H2,6,8);6H,2-4H2,1H3,(H,7,8). The number of amides is 2. The summed E-state index contributed by atoms with van der Waals surface area (Å²) in [5.74, 6) is -0.744. The molecule has 16 heavy (non-hydrogen) atoms. The van der Waals surface area contributed by atoms with Crippen LogP contribution in [0.3, 0.4) is 0 Å². The van der Waals surface area contributed by atoms with E-state index >= 15 is 0 Å². The van der Waals surface area contributed by atoms with Crippen LogP contribution in [0.1, 0.15) is 26.2 Å². The summed E-state index contributed by atoms with van der Waals surface area (Å²) in [6.45, 7) is 5.08. The van der Waals surface area contributed by atoms with Gasteiger partial charge in [-0.3, -0.25) is 4.79 Å². The van der Waals surface area contributed by atoms with Gasteiger partial charge in [-0.25, -0.2) is 4.79 Å². The molecule has 0 aromatic heterocycles. The molecule has 2 amide bonds. The summed E-state index contributed by atoms with van der Waals surface area (Å²) in [6.07, 6.45) is 2.44. The summed E-state index contributed by atoms with van der Waals surface area (Å²) >= 11 is 0. The second-order valence-electron chi connectivity index (χ2n) is 3.53. The molecule has 4 N–H and O–H groups in total. The molecular weight excluding hydrogens is 210 g/mol. The van der Waals surface area contributed by atoms with E-state index in [1.807, 2.05) is 6.92 Å².